The van der Waals surface area contributed by atoms with Gasteiger partial charge in [0.05, 0.1) is 11.3 Å². The number of nitrogens with one attached hydrogen (secondary N) is 2. The van der Waals surface area contributed by atoms with Gasteiger partial charge in [0.1, 0.15) is 5.76 Å². The molecule has 6 heteroatoms. The first-order valence-electron chi connectivity index (χ1n) is 8.16. The van der Waals surface area contributed by atoms with Gasteiger partial charge >= 0.3 is 0 Å². The fourth-order valence-corrected chi connectivity index (χ4v) is 2.80. The Kier molecular flexibility index (Phi) is 7.13. The normalized spacial score (nSPS) is 13.1. The number of aryl methyl sites for hydroxylation is 1. The molecule has 0 spiro atoms. The van der Waals surface area contributed by atoms with Crippen molar-refractivity contribution < 1.29 is 4.42 Å². The summed E-state index contributed by atoms with van der Waals surface area (Å²) >= 11 is 1.74. The van der Waals surface area contributed by atoms with Crippen LogP contribution in [0.3, 0.4) is 0 Å². The predicted molar refractivity (Wildman–Crippen MR) is 96.2 cm³/mol. The number of hydrogen-bond acceptors (Lipinski definition) is 4. The number of aliphatic imine (C=N–C) groups is 1. The summed E-state index contributed by atoms with van der Waals surface area (Å²) in [6, 6.07) is 4.30. The van der Waals surface area contributed by atoms with Crippen molar-refractivity contribution in [2.45, 2.75) is 46.1 Å². The Labute approximate surface area is 142 Å². The van der Waals surface area contributed by atoms with E-state index in [2.05, 4.69) is 41.4 Å². The van der Waals surface area contributed by atoms with Crippen molar-refractivity contribution in [3.05, 3.63) is 40.2 Å². The van der Waals surface area contributed by atoms with E-state index in [4.69, 9.17) is 4.42 Å². The SMILES string of the molecule is CCC(C)NC(=NCCc1ncc(C)s1)NCCc1ccco1. The Bertz CT molecular complexity index is 592. The summed E-state index contributed by atoms with van der Waals surface area (Å²) < 4.78 is 5.35. The van der Waals surface area contributed by atoms with Crippen LogP contribution in [0.4, 0.5) is 0 Å². The molecule has 126 valence electrons. The Morgan fingerprint density at radius 3 is 2.96 bits per heavy atom. The van der Waals surface area contributed by atoms with Crippen LogP contribution in [0.2, 0.25) is 0 Å². The molecular formula is C17H26N4OS. The molecule has 0 aliphatic carbocycles. The van der Waals surface area contributed by atoms with Gasteiger partial charge in [-0.2, -0.15) is 0 Å². The number of nitrogens with zero attached hydrogens (tertiary/aromatic N) is 2. The lowest BCUT2D eigenvalue weighted by Crippen LogP contribution is -2.43. The van der Waals surface area contributed by atoms with Gasteiger partial charge in [0.2, 0.25) is 0 Å². The van der Waals surface area contributed by atoms with Gasteiger partial charge < -0.3 is 15.1 Å². The largest absolute Gasteiger partial charge is 0.469 e. The number of thiazole rings is 1. The summed E-state index contributed by atoms with van der Waals surface area (Å²) in [7, 11) is 0. The monoisotopic (exact) mass is 334 g/mol. The molecule has 0 saturated carbocycles. The van der Waals surface area contributed by atoms with E-state index in [1.165, 1.54) is 4.88 Å². The molecule has 0 saturated heterocycles. The maximum absolute atomic E-state index is 5.35. The van der Waals surface area contributed by atoms with E-state index >= 15 is 0 Å². The minimum absolute atomic E-state index is 0.395. The predicted octanol–water partition coefficient (Wildman–Crippen LogP) is 3.16. The maximum Gasteiger partial charge on any atom is 0.191 e. The summed E-state index contributed by atoms with van der Waals surface area (Å²) in [5, 5.41) is 7.95. The van der Waals surface area contributed by atoms with Crippen LogP contribution in [0, 0.1) is 6.92 Å². The third-order valence-corrected chi connectivity index (χ3v) is 4.48. The molecule has 2 aromatic heterocycles. The van der Waals surface area contributed by atoms with Gasteiger partial charge in [0, 0.05) is 43.0 Å². The lowest BCUT2D eigenvalue weighted by molar-refractivity contribution is 0.506. The summed E-state index contributed by atoms with van der Waals surface area (Å²) in [5.41, 5.74) is 0. The molecule has 23 heavy (non-hydrogen) atoms. The summed E-state index contributed by atoms with van der Waals surface area (Å²) in [6.45, 7) is 7.94. The first-order chi connectivity index (χ1) is 11.2. The first kappa shape index (κ1) is 17.5. The molecular weight excluding hydrogens is 308 g/mol. The molecule has 0 aliphatic heterocycles. The molecule has 2 heterocycles. The second kappa shape index (κ2) is 9.35. The van der Waals surface area contributed by atoms with Crippen molar-refractivity contribution >= 4 is 17.3 Å². The summed E-state index contributed by atoms with van der Waals surface area (Å²) in [4.78, 5) is 10.3. The summed E-state index contributed by atoms with van der Waals surface area (Å²) in [6.07, 6.45) is 6.41. The number of aromatic nitrogens is 1. The van der Waals surface area contributed by atoms with E-state index in [-0.39, 0.29) is 0 Å². The maximum atomic E-state index is 5.35. The second-order valence-electron chi connectivity index (χ2n) is 5.55. The van der Waals surface area contributed by atoms with Crippen LogP contribution in [0.1, 0.15) is 35.9 Å². The van der Waals surface area contributed by atoms with Crippen molar-refractivity contribution in [2.24, 2.45) is 4.99 Å². The van der Waals surface area contributed by atoms with Gasteiger partial charge in [-0.05, 0) is 32.4 Å². The highest BCUT2D eigenvalue weighted by Gasteiger charge is 2.05. The molecule has 2 aromatic rings. The van der Waals surface area contributed by atoms with Crippen LogP contribution in [0.25, 0.3) is 0 Å². The number of furan rings is 1. The van der Waals surface area contributed by atoms with E-state index < -0.39 is 0 Å². The topological polar surface area (TPSA) is 62.5 Å². The fraction of sp³-hybridized carbons (Fsp3) is 0.529. The minimum atomic E-state index is 0.395. The molecule has 1 unspecified atom stereocenters. The zero-order chi connectivity index (χ0) is 16.5. The van der Waals surface area contributed by atoms with Crippen LogP contribution in [-0.4, -0.2) is 30.1 Å². The lowest BCUT2D eigenvalue weighted by atomic mass is 10.3. The highest BCUT2D eigenvalue weighted by Crippen LogP contribution is 2.11. The van der Waals surface area contributed by atoms with Crippen molar-refractivity contribution in [3.63, 3.8) is 0 Å². The number of rotatable bonds is 8. The third kappa shape index (κ3) is 6.44. The minimum Gasteiger partial charge on any atom is -0.469 e. The van der Waals surface area contributed by atoms with Gasteiger partial charge in [0.25, 0.3) is 0 Å². The zero-order valence-electron chi connectivity index (χ0n) is 14.1. The third-order valence-electron chi connectivity index (χ3n) is 3.50. The zero-order valence-corrected chi connectivity index (χ0v) is 14.9. The number of hydrogen-bond donors (Lipinski definition) is 2. The Hall–Kier alpha value is -1.82. The second-order valence-corrected chi connectivity index (χ2v) is 6.87. The molecule has 0 fully saturated rings. The highest BCUT2D eigenvalue weighted by molar-refractivity contribution is 7.11. The Morgan fingerprint density at radius 2 is 2.30 bits per heavy atom. The lowest BCUT2D eigenvalue weighted by Gasteiger charge is -2.16. The average Bonchev–Trinajstić information content (AvgIpc) is 3.18. The Balaban J connectivity index is 1.83. The van der Waals surface area contributed by atoms with Crippen molar-refractivity contribution in [2.75, 3.05) is 13.1 Å². The van der Waals surface area contributed by atoms with Crippen molar-refractivity contribution in [1.82, 2.24) is 15.6 Å². The number of guanidine groups is 1. The van der Waals surface area contributed by atoms with E-state index in [0.29, 0.717) is 6.04 Å². The van der Waals surface area contributed by atoms with Gasteiger partial charge in [-0.3, -0.25) is 4.99 Å². The van der Waals surface area contributed by atoms with Crippen LogP contribution in [0.5, 0.6) is 0 Å². The first-order valence-corrected chi connectivity index (χ1v) is 8.97. The van der Waals surface area contributed by atoms with E-state index in [0.717, 1.165) is 49.1 Å². The molecule has 2 N–H and O–H groups in total. The van der Waals surface area contributed by atoms with Crippen LogP contribution in [0.15, 0.2) is 34.0 Å². The molecule has 5 nitrogen and oxygen atoms in total. The highest BCUT2D eigenvalue weighted by atomic mass is 32.1. The van der Waals surface area contributed by atoms with Crippen molar-refractivity contribution in [3.8, 4) is 0 Å². The fourth-order valence-electron chi connectivity index (χ4n) is 2.03. The van der Waals surface area contributed by atoms with E-state index in [1.807, 2.05) is 18.3 Å². The van der Waals surface area contributed by atoms with Crippen molar-refractivity contribution in [1.29, 1.82) is 0 Å². The average molecular weight is 334 g/mol. The van der Waals surface area contributed by atoms with Gasteiger partial charge in [-0.1, -0.05) is 6.92 Å². The molecule has 0 aromatic carbocycles. The standard InChI is InChI=1S/C17H26N4OS/c1-4-13(2)21-17(18-9-7-15-6-5-11-22-15)19-10-8-16-20-12-14(3)23-16/h5-6,11-13H,4,7-10H2,1-3H3,(H2,18,19,21). The Morgan fingerprint density at radius 1 is 1.43 bits per heavy atom. The smallest absolute Gasteiger partial charge is 0.191 e. The van der Waals surface area contributed by atoms with E-state index in [9.17, 15) is 0 Å². The van der Waals surface area contributed by atoms with Gasteiger partial charge in [0.15, 0.2) is 5.96 Å². The summed E-state index contributed by atoms with van der Waals surface area (Å²) in [5.74, 6) is 1.85. The van der Waals surface area contributed by atoms with Crippen LogP contribution < -0.4 is 10.6 Å². The van der Waals surface area contributed by atoms with Crippen LogP contribution in [-0.2, 0) is 12.8 Å². The molecule has 1 atom stereocenters. The van der Waals surface area contributed by atoms with Gasteiger partial charge in [-0.25, -0.2) is 4.98 Å². The van der Waals surface area contributed by atoms with Gasteiger partial charge in [-0.15, -0.1) is 11.3 Å². The molecule has 2 rings (SSSR count). The van der Waals surface area contributed by atoms with E-state index in [1.54, 1.807) is 17.6 Å². The quantitative estimate of drug-likeness (QED) is 0.575. The molecule has 0 aliphatic rings. The molecule has 0 radical (unpaired) electrons. The molecule has 0 bridgehead atoms. The molecule has 0 amide bonds. The van der Waals surface area contributed by atoms with Crippen LogP contribution >= 0.6 is 11.3 Å².